The lowest BCUT2D eigenvalue weighted by atomic mass is 10.1. The second-order valence-corrected chi connectivity index (χ2v) is 4.48. The zero-order valence-electron chi connectivity index (χ0n) is 9.91. The molecule has 6 heteroatoms. The van der Waals surface area contributed by atoms with Crippen molar-refractivity contribution in [2.45, 2.75) is 32.4 Å². The van der Waals surface area contributed by atoms with Crippen molar-refractivity contribution in [3.8, 4) is 0 Å². The zero-order chi connectivity index (χ0) is 13.1. The van der Waals surface area contributed by atoms with Crippen LogP contribution in [-0.4, -0.2) is 29.0 Å². The molecule has 1 aromatic heterocycles. The summed E-state index contributed by atoms with van der Waals surface area (Å²) >= 11 is 0. The first-order valence-corrected chi connectivity index (χ1v) is 5.31. The summed E-state index contributed by atoms with van der Waals surface area (Å²) in [7, 11) is 0. The fourth-order valence-corrected chi connectivity index (χ4v) is 1.35. The Morgan fingerprint density at radius 3 is 2.76 bits per heavy atom. The molecule has 0 bridgehead atoms. The number of aromatic nitrogens is 1. The fraction of sp³-hybridized carbons (Fsp3) is 0.545. The average Bonchev–Trinajstić information content (AvgIpc) is 2.64. The monoisotopic (exact) mass is 245 g/mol. The van der Waals surface area contributed by atoms with Gasteiger partial charge in [0.05, 0.1) is 6.54 Å². The maximum Gasteiger partial charge on any atom is 0.268 e. The SMILES string of the molecule is CC(C)(CN)NC(=O)c1cccn1CC(F)F. The molecule has 0 atom stereocenters. The second kappa shape index (κ2) is 5.27. The van der Waals surface area contributed by atoms with Gasteiger partial charge in [0.15, 0.2) is 0 Å². The third-order valence-corrected chi connectivity index (χ3v) is 2.36. The number of hydrogen-bond acceptors (Lipinski definition) is 2. The van der Waals surface area contributed by atoms with E-state index in [2.05, 4.69) is 5.32 Å². The zero-order valence-corrected chi connectivity index (χ0v) is 9.91. The highest BCUT2D eigenvalue weighted by atomic mass is 19.3. The summed E-state index contributed by atoms with van der Waals surface area (Å²) in [5.74, 6) is -0.397. The van der Waals surface area contributed by atoms with E-state index in [4.69, 9.17) is 5.73 Å². The first-order valence-electron chi connectivity index (χ1n) is 5.31. The third kappa shape index (κ3) is 3.81. The summed E-state index contributed by atoms with van der Waals surface area (Å²) in [6.07, 6.45) is -1.03. The Balaban J connectivity index is 2.79. The van der Waals surface area contributed by atoms with Crippen LogP contribution in [0.3, 0.4) is 0 Å². The molecule has 1 rings (SSSR count). The van der Waals surface area contributed by atoms with Gasteiger partial charge in [0.25, 0.3) is 12.3 Å². The van der Waals surface area contributed by atoms with Crippen molar-refractivity contribution in [1.29, 1.82) is 0 Å². The number of alkyl halides is 2. The van der Waals surface area contributed by atoms with Gasteiger partial charge < -0.3 is 15.6 Å². The van der Waals surface area contributed by atoms with Crippen molar-refractivity contribution in [3.63, 3.8) is 0 Å². The predicted molar refractivity (Wildman–Crippen MR) is 61.0 cm³/mol. The number of carbonyl (C=O) groups is 1. The van der Waals surface area contributed by atoms with Crippen LogP contribution in [0.1, 0.15) is 24.3 Å². The van der Waals surface area contributed by atoms with E-state index in [9.17, 15) is 13.6 Å². The molecule has 0 radical (unpaired) electrons. The van der Waals surface area contributed by atoms with E-state index < -0.39 is 24.4 Å². The van der Waals surface area contributed by atoms with Gasteiger partial charge in [-0.15, -0.1) is 0 Å². The third-order valence-electron chi connectivity index (χ3n) is 2.36. The van der Waals surface area contributed by atoms with Gasteiger partial charge in [-0.3, -0.25) is 4.79 Å². The van der Waals surface area contributed by atoms with Gasteiger partial charge in [0.1, 0.15) is 5.69 Å². The van der Waals surface area contributed by atoms with Crippen molar-refractivity contribution < 1.29 is 13.6 Å². The van der Waals surface area contributed by atoms with E-state index in [-0.39, 0.29) is 12.2 Å². The molecule has 1 aromatic rings. The number of nitrogens with zero attached hydrogens (tertiary/aromatic N) is 1. The molecular weight excluding hydrogens is 228 g/mol. The summed E-state index contributed by atoms with van der Waals surface area (Å²) in [5.41, 5.74) is 5.14. The molecule has 1 heterocycles. The summed E-state index contributed by atoms with van der Waals surface area (Å²) in [6.45, 7) is 3.32. The molecule has 0 aliphatic rings. The van der Waals surface area contributed by atoms with Gasteiger partial charge in [0, 0.05) is 18.3 Å². The smallest absolute Gasteiger partial charge is 0.268 e. The Morgan fingerprint density at radius 1 is 1.59 bits per heavy atom. The fourth-order valence-electron chi connectivity index (χ4n) is 1.35. The van der Waals surface area contributed by atoms with Crippen molar-refractivity contribution in [3.05, 3.63) is 24.0 Å². The van der Waals surface area contributed by atoms with Gasteiger partial charge >= 0.3 is 0 Å². The molecule has 0 saturated heterocycles. The lowest BCUT2D eigenvalue weighted by Gasteiger charge is -2.24. The molecule has 4 nitrogen and oxygen atoms in total. The highest BCUT2D eigenvalue weighted by Gasteiger charge is 2.21. The Morgan fingerprint density at radius 2 is 2.24 bits per heavy atom. The van der Waals surface area contributed by atoms with E-state index in [1.807, 2.05) is 0 Å². The molecule has 1 amide bonds. The topological polar surface area (TPSA) is 60.0 Å². The van der Waals surface area contributed by atoms with Gasteiger partial charge in [-0.05, 0) is 26.0 Å². The molecule has 17 heavy (non-hydrogen) atoms. The lowest BCUT2D eigenvalue weighted by Crippen LogP contribution is -2.49. The molecule has 3 N–H and O–H groups in total. The molecule has 0 aliphatic carbocycles. The first kappa shape index (κ1) is 13.6. The van der Waals surface area contributed by atoms with Crippen LogP contribution in [-0.2, 0) is 6.54 Å². The number of nitrogens with two attached hydrogens (primary N) is 1. The number of hydrogen-bond donors (Lipinski definition) is 2. The van der Waals surface area contributed by atoms with Crippen molar-refractivity contribution in [2.75, 3.05) is 6.54 Å². The van der Waals surface area contributed by atoms with E-state index >= 15 is 0 Å². The van der Waals surface area contributed by atoms with Crippen LogP contribution in [0.15, 0.2) is 18.3 Å². The van der Waals surface area contributed by atoms with E-state index in [0.717, 1.165) is 0 Å². The van der Waals surface area contributed by atoms with Crippen LogP contribution in [0.2, 0.25) is 0 Å². The maximum absolute atomic E-state index is 12.3. The van der Waals surface area contributed by atoms with Gasteiger partial charge in [-0.2, -0.15) is 0 Å². The van der Waals surface area contributed by atoms with Gasteiger partial charge in [0.2, 0.25) is 0 Å². The normalized spacial score (nSPS) is 11.9. The Kier molecular flexibility index (Phi) is 4.22. The quantitative estimate of drug-likeness (QED) is 0.819. The molecule has 96 valence electrons. The van der Waals surface area contributed by atoms with Crippen LogP contribution in [0.25, 0.3) is 0 Å². The summed E-state index contributed by atoms with van der Waals surface area (Å²) in [5, 5.41) is 2.69. The number of carbonyl (C=O) groups excluding carboxylic acids is 1. The minimum absolute atomic E-state index is 0.215. The standard InChI is InChI=1S/C11H17F2N3O/c1-11(2,7-14)15-10(17)8-4-3-5-16(8)6-9(12)13/h3-5,9H,6-7,14H2,1-2H3,(H,15,17). The summed E-state index contributed by atoms with van der Waals surface area (Å²) < 4.78 is 25.8. The Labute approximate surface area is 98.8 Å². The van der Waals surface area contributed by atoms with Crippen molar-refractivity contribution in [1.82, 2.24) is 9.88 Å². The highest BCUT2D eigenvalue weighted by Crippen LogP contribution is 2.08. The summed E-state index contributed by atoms with van der Waals surface area (Å²) in [4.78, 5) is 11.9. The number of halogens is 2. The van der Waals surface area contributed by atoms with Gasteiger partial charge in [-0.25, -0.2) is 8.78 Å². The van der Waals surface area contributed by atoms with E-state index in [0.29, 0.717) is 0 Å². The molecule has 0 saturated carbocycles. The van der Waals surface area contributed by atoms with Crippen LogP contribution in [0, 0.1) is 0 Å². The van der Waals surface area contributed by atoms with Gasteiger partial charge in [-0.1, -0.05) is 0 Å². The molecule has 0 aromatic carbocycles. The minimum Gasteiger partial charge on any atom is -0.345 e. The van der Waals surface area contributed by atoms with E-state index in [1.54, 1.807) is 19.9 Å². The molecule has 0 fully saturated rings. The largest absolute Gasteiger partial charge is 0.345 e. The summed E-state index contributed by atoms with van der Waals surface area (Å²) in [6, 6.07) is 3.07. The lowest BCUT2D eigenvalue weighted by molar-refractivity contribution is 0.0893. The highest BCUT2D eigenvalue weighted by molar-refractivity contribution is 5.93. The van der Waals surface area contributed by atoms with Crippen molar-refractivity contribution in [2.24, 2.45) is 5.73 Å². The average molecular weight is 245 g/mol. The minimum atomic E-state index is -2.49. The molecular formula is C11H17F2N3O. The molecule has 0 aliphatic heterocycles. The first-order chi connectivity index (χ1) is 7.85. The second-order valence-electron chi connectivity index (χ2n) is 4.48. The molecule has 0 spiro atoms. The van der Waals surface area contributed by atoms with E-state index in [1.165, 1.54) is 16.8 Å². The molecule has 0 unspecified atom stereocenters. The van der Waals surface area contributed by atoms with Crippen LogP contribution in [0.5, 0.6) is 0 Å². The van der Waals surface area contributed by atoms with Crippen LogP contribution < -0.4 is 11.1 Å². The van der Waals surface area contributed by atoms with Crippen LogP contribution in [0.4, 0.5) is 8.78 Å². The predicted octanol–water partition coefficient (Wildman–Crippen LogP) is 1.22. The number of nitrogens with one attached hydrogen (secondary N) is 1. The Hall–Kier alpha value is -1.43. The number of amides is 1. The number of rotatable bonds is 5. The van der Waals surface area contributed by atoms with Crippen LogP contribution >= 0.6 is 0 Å². The van der Waals surface area contributed by atoms with Crippen molar-refractivity contribution >= 4 is 5.91 Å². The maximum atomic E-state index is 12.3. The Bertz CT molecular complexity index is 388.